The Morgan fingerprint density at radius 2 is 1.88 bits per heavy atom. The highest BCUT2D eigenvalue weighted by Gasteiger charge is 2.45. The number of carbonyl (C=O) groups is 2. The maximum Gasteiger partial charge on any atom is 0.225 e. The van der Waals surface area contributed by atoms with Crippen molar-refractivity contribution in [3.8, 4) is 0 Å². The summed E-state index contributed by atoms with van der Waals surface area (Å²) in [6.45, 7) is 5.71. The molecule has 2 fully saturated rings. The molecule has 1 aliphatic carbocycles. The van der Waals surface area contributed by atoms with Crippen molar-refractivity contribution in [3.05, 3.63) is 35.4 Å². The topological polar surface area (TPSA) is 81.4 Å². The third-order valence-electron chi connectivity index (χ3n) is 5.73. The van der Waals surface area contributed by atoms with Crippen LogP contribution in [0.1, 0.15) is 56.1 Å². The predicted molar refractivity (Wildman–Crippen MR) is 96.1 cm³/mol. The number of amides is 2. The highest BCUT2D eigenvalue weighted by atomic mass is 16.5. The van der Waals surface area contributed by atoms with Gasteiger partial charge >= 0.3 is 0 Å². The second-order valence-corrected chi connectivity index (χ2v) is 7.74. The zero-order valence-electron chi connectivity index (χ0n) is 15.1. The van der Waals surface area contributed by atoms with E-state index in [1.54, 1.807) is 0 Å². The number of rotatable bonds is 6. The summed E-state index contributed by atoms with van der Waals surface area (Å²) in [5, 5.41) is 2.97. The minimum absolute atomic E-state index is 0.00895. The smallest absolute Gasteiger partial charge is 0.225 e. The predicted octanol–water partition coefficient (Wildman–Crippen LogP) is 2.31. The van der Waals surface area contributed by atoms with E-state index < -0.39 is 5.41 Å². The van der Waals surface area contributed by atoms with Gasteiger partial charge in [0.15, 0.2) is 0 Å². The molecule has 0 radical (unpaired) electrons. The molecule has 1 saturated carbocycles. The number of carbonyl (C=O) groups excluding carboxylic acids is 2. The molecule has 136 valence electrons. The van der Waals surface area contributed by atoms with Gasteiger partial charge in [-0.05, 0) is 42.2 Å². The lowest BCUT2D eigenvalue weighted by atomic mass is 9.79. The van der Waals surface area contributed by atoms with E-state index in [1.807, 2.05) is 0 Å². The Kier molecular flexibility index (Phi) is 5.13. The average Bonchev–Trinajstić information content (AvgIpc) is 3.41. The molecule has 2 atom stereocenters. The first kappa shape index (κ1) is 17.9. The van der Waals surface area contributed by atoms with Crippen LogP contribution in [-0.4, -0.2) is 31.6 Å². The van der Waals surface area contributed by atoms with Crippen LogP contribution >= 0.6 is 0 Å². The van der Waals surface area contributed by atoms with Crippen molar-refractivity contribution in [1.82, 2.24) is 5.32 Å². The van der Waals surface area contributed by atoms with Crippen LogP contribution in [0.4, 0.5) is 0 Å². The second kappa shape index (κ2) is 7.16. The number of hydrogen-bond donors (Lipinski definition) is 2. The molecule has 0 bridgehead atoms. The van der Waals surface area contributed by atoms with Crippen LogP contribution in [0.2, 0.25) is 0 Å². The molecule has 1 aromatic carbocycles. The van der Waals surface area contributed by atoms with E-state index in [0.717, 1.165) is 6.42 Å². The fraction of sp³-hybridized carbons (Fsp3) is 0.600. The third kappa shape index (κ3) is 3.87. The first-order valence-electron chi connectivity index (χ1n) is 9.18. The van der Waals surface area contributed by atoms with Gasteiger partial charge in [0, 0.05) is 25.7 Å². The lowest BCUT2D eigenvalue weighted by molar-refractivity contribution is -0.134. The summed E-state index contributed by atoms with van der Waals surface area (Å²) in [6, 6.07) is 8.57. The Morgan fingerprint density at radius 1 is 1.24 bits per heavy atom. The molecular weight excluding hydrogens is 316 g/mol. The second-order valence-electron chi connectivity index (χ2n) is 7.74. The molecule has 3 N–H and O–H groups in total. The Bertz CT molecular complexity index is 633. The molecule has 0 unspecified atom stereocenters. The van der Waals surface area contributed by atoms with E-state index in [4.69, 9.17) is 10.5 Å². The Hall–Kier alpha value is -1.88. The third-order valence-corrected chi connectivity index (χ3v) is 5.73. The summed E-state index contributed by atoms with van der Waals surface area (Å²) < 4.78 is 5.32. The van der Waals surface area contributed by atoms with Gasteiger partial charge in [0.2, 0.25) is 11.8 Å². The van der Waals surface area contributed by atoms with Crippen LogP contribution < -0.4 is 11.1 Å². The van der Waals surface area contributed by atoms with E-state index in [0.29, 0.717) is 44.4 Å². The normalized spacial score (nSPS) is 24.8. The number of benzene rings is 1. The molecule has 5 nitrogen and oxygen atoms in total. The first-order chi connectivity index (χ1) is 11.9. The van der Waals surface area contributed by atoms with E-state index in [1.165, 1.54) is 11.1 Å². The summed E-state index contributed by atoms with van der Waals surface area (Å²) in [5.74, 6) is 0.504. The van der Waals surface area contributed by atoms with Gasteiger partial charge in [-0.1, -0.05) is 38.1 Å². The van der Waals surface area contributed by atoms with Crippen LogP contribution in [0.5, 0.6) is 0 Å². The molecule has 1 saturated heterocycles. The molecule has 1 aliphatic heterocycles. The maximum absolute atomic E-state index is 12.5. The van der Waals surface area contributed by atoms with Crippen LogP contribution in [-0.2, 0) is 14.3 Å². The maximum atomic E-state index is 12.5. The molecule has 1 aromatic rings. The van der Waals surface area contributed by atoms with Gasteiger partial charge in [0.1, 0.15) is 0 Å². The van der Waals surface area contributed by atoms with Gasteiger partial charge in [0.25, 0.3) is 0 Å². The summed E-state index contributed by atoms with van der Waals surface area (Å²) in [5.41, 5.74) is 7.47. The minimum atomic E-state index is -0.656. The zero-order chi connectivity index (χ0) is 18.0. The quantitative estimate of drug-likeness (QED) is 0.831. The van der Waals surface area contributed by atoms with E-state index in [2.05, 4.69) is 43.4 Å². The molecule has 0 aromatic heterocycles. The highest BCUT2D eigenvalue weighted by molar-refractivity contribution is 5.85. The molecule has 2 amide bonds. The van der Waals surface area contributed by atoms with Crippen molar-refractivity contribution < 1.29 is 14.3 Å². The van der Waals surface area contributed by atoms with Crippen LogP contribution in [0.15, 0.2) is 24.3 Å². The van der Waals surface area contributed by atoms with Gasteiger partial charge in [-0.3, -0.25) is 9.59 Å². The van der Waals surface area contributed by atoms with Crippen molar-refractivity contribution in [3.63, 3.8) is 0 Å². The molecular formula is C20H28N2O3. The number of ether oxygens (including phenoxy) is 1. The van der Waals surface area contributed by atoms with Gasteiger partial charge < -0.3 is 15.8 Å². The fourth-order valence-electron chi connectivity index (χ4n) is 3.64. The SMILES string of the molecule is CC(C)c1ccc([C@@H]2C[C@H]2C(=O)NCC2(C(N)=O)CCOCC2)cc1. The first-order valence-corrected chi connectivity index (χ1v) is 9.18. The lowest BCUT2D eigenvalue weighted by Gasteiger charge is -2.34. The summed E-state index contributed by atoms with van der Waals surface area (Å²) in [6.07, 6.45) is 2.03. The molecule has 2 aliphatic rings. The van der Waals surface area contributed by atoms with Crippen LogP contribution in [0.25, 0.3) is 0 Å². The van der Waals surface area contributed by atoms with Gasteiger partial charge in [-0.15, -0.1) is 0 Å². The summed E-state index contributed by atoms with van der Waals surface area (Å²) in [7, 11) is 0. The fourth-order valence-corrected chi connectivity index (χ4v) is 3.64. The number of nitrogens with two attached hydrogens (primary N) is 1. The number of primary amides is 1. The number of nitrogens with one attached hydrogen (secondary N) is 1. The largest absolute Gasteiger partial charge is 0.381 e. The van der Waals surface area contributed by atoms with Gasteiger partial charge in [-0.25, -0.2) is 0 Å². The molecule has 3 rings (SSSR count). The summed E-state index contributed by atoms with van der Waals surface area (Å²) >= 11 is 0. The Morgan fingerprint density at radius 3 is 2.44 bits per heavy atom. The van der Waals surface area contributed by atoms with E-state index >= 15 is 0 Å². The monoisotopic (exact) mass is 344 g/mol. The van der Waals surface area contributed by atoms with Crippen molar-refractivity contribution in [2.75, 3.05) is 19.8 Å². The molecule has 25 heavy (non-hydrogen) atoms. The Balaban J connectivity index is 1.55. The van der Waals surface area contributed by atoms with Crippen LogP contribution in [0.3, 0.4) is 0 Å². The van der Waals surface area contributed by atoms with E-state index in [-0.39, 0.29) is 17.7 Å². The van der Waals surface area contributed by atoms with Gasteiger partial charge in [0.05, 0.1) is 5.41 Å². The summed E-state index contributed by atoms with van der Waals surface area (Å²) in [4.78, 5) is 24.3. The Labute approximate surface area is 149 Å². The zero-order valence-corrected chi connectivity index (χ0v) is 15.1. The average molecular weight is 344 g/mol. The molecule has 5 heteroatoms. The van der Waals surface area contributed by atoms with Crippen LogP contribution in [0, 0.1) is 11.3 Å². The highest BCUT2D eigenvalue weighted by Crippen LogP contribution is 2.47. The van der Waals surface area contributed by atoms with Crippen molar-refractivity contribution in [1.29, 1.82) is 0 Å². The molecule has 0 spiro atoms. The number of hydrogen-bond acceptors (Lipinski definition) is 3. The standard InChI is InChI=1S/C20H28N2O3/c1-13(2)14-3-5-15(6-4-14)16-11-17(16)18(23)22-12-20(19(21)24)7-9-25-10-8-20/h3-6,13,16-17H,7-12H2,1-2H3,(H2,21,24)(H,22,23)/t16-,17+/m0/s1. The van der Waals surface area contributed by atoms with Crippen molar-refractivity contribution >= 4 is 11.8 Å². The van der Waals surface area contributed by atoms with E-state index in [9.17, 15) is 9.59 Å². The van der Waals surface area contributed by atoms with Gasteiger partial charge in [-0.2, -0.15) is 0 Å². The lowest BCUT2D eigenvalue weighted by Crippen LogP contribution is -2.49. The minimum Gasteiger partial charge on any atom is -0.381 e. The van der Waals surface area contributed by atoms with Crippen molar-refractivity contribution in [2.24, 2.45) is 17.1 Å². The molecule has 1 heterocycles. The van der Waals surface area contributed by atoms with Crippen molar-refractivity contribution in [2.45, 2.75) is 44.9 Å².